The van der Waals surface area contributed by atoms with Gasteiger partial charge in [0.1, 0.15) is 0 Å². The van der Waals surface area contributed by atoms with Crippen LogP contribution in [0, 0.1) is 0 Å². The van der Waals surface area contributed by atoms with Gasteiger partial charge in [0.05, 0.1) is 0 Å². The molecule has 0 aliphatic heterocycles. The largest absolute Gasteiger partial charge is 0.208 e. The zero-order chi connectivity index (χ0) is 36.1. The predicted octanol–water partition coefficient (Wildman–Crippen LogP) is 13.2. The van der Waals surface area contributed by atoms with Crippen molar-refractivity contribution in [3.8, 4) is 89.8 Å². The van der Waals surface area contributed by atoms with E-state index >= 15 is 0 Å². The molecule has 0 saturated carbocycles. The maximum Gasteiger partial charge on any atom is 0.164 e. The molecule has 0 bridgehead atoms. The first-order chi connectivity index (χ1) is 26.7. The first kappa shape index (κ1) is 32.7. The standard InChI is InChI=1S/C51H35N3/c1-5-14-36(15-6-1)38-24-28-42(29-25-38)49-52-50(43-30-26-39(27-31-43)45-23-13-22-44(34-45)37-16-7-2-8-17-37)54-51(53-49)46-32-33-47(40-18-9-3-10-19-40)48(35-46)41-20-11-4-12-21-41/h1-35H. The van der Waals surface area contributed by atoms with Crippen molar-refractivity contribution in [1.29, 1.82) is 0 Å². The molecule has 0 atom stereocenters. The van der Waals surface area contributed by atoms with E-state index in [-0.39, 0.29) is 0 Å². The van der Waals surface area contributed by atoms with Crippen LogP contribution in [-0.4, -0.2) is 15.0 Å². The molecular formula is C51H35N3. The van der Waals surface area contributed by atoms with Gasteiger partial charge >= 0.3 is 0 Å². The molecule has 3 nitrogen and oxygen atoms in total. The Bertz CT molecular complexity index is 2660. The van der Waals surface area contributed by atoms with Gasteiger partial charge < -0.3 is 0 Å². The molecule has 0 aliphatic rings. The summed E-state index contributed by atoms with van der Waals surface area (Å²) in [6.07, 6.45) is 0. The summed E-state index contributed by atoms with van der Waals surface area (Å²) in [5.41, 5.74) is 14.3. The second-order valence-electron chi connectivity index (χ2n) is 13.3. The lowest BCUT2D eigenvalue weighted by molar-refractivity contribution is 1.07. The van der Waals surface area contributed by atoms with Crippen molar-refractivity contribution >= 4 is 0 Å². The SMILES string of the molecule is c1ccc(-c2ccc(-c3nc(-c4ccc(-c5cccc(-c6ccccc6)c5)cc4)nc(-c4ccc(-c5ccccc5)c(-c5ccccc5)c4)n3)cc2)cc1. The monoisotopic (exact) mass is 689 g/mol. The molecular weight excluding hydrogens is 655 g/mol. The summed E-state index contributed by atoms with van der Waals surface area (Å²) in [5, 5.41) is 0. The van der Waals surface area contributed by atoms with Gasteiger partial charge in [0.15, 0.2) is 17.5 Å². The van der Waals surface area contributed by atoms with Crippen LogP contribution in [0.1, 0.15) is 0 Å². The fourth-order valence-corrected chi connectivity index (χ4v) is 6.94. The average Bonchev–Trinajstić information content (AvgIpc) is 3.27. The van der Waals surface area contributed by atoms with Crippen LogP contribution in [0.15, 0.2) is 212 Å². The molecule has 0 amide bonds. The van der Waals surface area contributed by atoms with Gasteiger partial charge in [0.2, 0.25) is 0 Å². The number of hydrogen-bond donors (Lipinski definition) is 0. The van der Waals surface area contributed by atoms with Crippen molar-refractivity contribution in [3.05, 3.63) is 212 Å². The summed E-state index contributed by atoms with van der Waals surface area (Å²) in [4.78, 5) is 15.3. The first-order valence-electron chi connectivity index (χ1n) is 18.2. The average molecular weight is 690 g/mol. The van der Waals surface area contributed by atoms with Crippen molar-refractivity contribution in [1.82, 2.24) is 15.0 Å². The van der Waals surface area contributed by atoms with Crippen molar-refractivity contribution in [3.63, 3.8) is 0 Å². The first-order valence-corrected chi connectivity index (χ1v) is 18.2. The van der Waals surface area contributed by atoms with Gasteiger partial charge in [-0.3, -0.25) is 0 Å². The van der Waals surface area contributed by atoms with E-state index in [9.17, 15) is 0 Å². The zero-order valence-corrected chi connectivity index (χ0v) is 29.5. The van der Waals surface area contributed by atoms with Crippen LogP contribution in [-0.2, 0) is 0 Å². The molecule has 0 radical (unpaired) electrons. The Morgan fingerprint density at radius 1 is 0.185 bits per heavy atom. The zero-order valence-electron chi connectivity index (χ0n) is 29.5. The number of rotatable bonds is 8. The second-order valence-corrected chi connectivity index (χ2v) is 13.3. The van der Waals surface area contributed by atoms with Gasteiger partial charge in [-0.25, -0.2) is 15.0 Å². The third-order valence-corrected chi connectivity index (χ3v) is 9.78. The summed E-state index contributed by atoms with van der Waals surface area (Å²) in [5.74, 6) is 1.88. The lowest BCUT2D eigenvalue weighted by Gasteiger charge is -2.14. The lowest BCUT2D eigenvalue weighted by atomic mass is 9.92. The summed E-state index contributed by atoms with van der Waals surface area (Å²) in [6.45, 7) is 0. The smallest absolute Gasteiger partial charge is 0.164 e. The molecule has 0 N–H and O–H groups in total. The summed E-state index contributed by atoms with van der Waals surface area (Å²) in [6, 6.07) is 74.1. The highest BCUT2D eigenvalue weighted by atomic mass is 15.0. The summed E-state index contributed by atoms with van der Waals surface area (Å²) in [7, 11) is 0. The minimum Gasteiger partial charge on any atom is -0.208 e. The van der Waals surface area contributed by atoms with E-state index in [0.29, 0.717) is 17.5 Å². The van der Waals surface area contributed by atoms with Crippen LogP contribution in [0.2, 0.25) is 0 Å². The van der Waals surface area contributed by atoms with Crippen LogP contribution >= 0.6 is 0 Å². The van der Waals surface area contributed by atoms with Crippen LogP contribution in [0.4, 0.5) is 0 Å². The minimum absolute atomic E-state index is 0.624. The maximum atomic E-state index is 5.14. The highest BCUT2D eigenvalue weighted by Crippen LogP contribution is 2.36. The van der Waals surface area contributed by atoms with Gasteiger partial charge in [-0.15, -0.1) is 0 Å². The van der Waals surface area contributed by atoms with Gasteiger partial charge in [0, 0.05) is 16.7 Å². The van der Waals surface area contributed by atoms with Gasteiger partial charge in [-0.1, -0.05) is 200 Å². The van der Waals surface area contributed by atoms with E-state index in [0.717, 1.165) is 55.6 Å². The summed E-state index contributed by atoms with van der Waals surface area (Å²) >= 11 is 0. The van der Waals surface area contributed by atoms with E-state index in [2.05, 4.69) is 200 Å². The molecule has 1 heterocycles. The molecule has 9 aromatic rings. The Labute approximate surface area is 316 Å². The second kappa shape index (κ2) is 14.8. The Kier molecular flexibility index (Phi) is 8.94. The van der Waals surface area contributed by atoms with Crippen molar-refractivity contribution in [2.75, 3.05) is 0 Å². The van der Waals surface area contributed by atoms with E-state index in [1.165, 1.54) is 16.7 Å². The Balaban J connectivity index is 1.14. The normalized spacial score (nSPS) is 11.0. The van der Waals surface area contributed by atoms with Gasteiger partial charge in [-0.05, 0) is 67.8 Å². The fraction of sp³-hybridized carbons (Fsp3) is 0. The third-order valence-electron chi connectivity index (χ3n) is 9.78. The molecule has 8 aromatic carbocycles. The van der Waals surface area contributed by atoms with Crippen molar-refractivity contribution < 1.29 is 0 Å². The van der Waals surface area contributed by atoms with Crippen LogP contribution < -0.4 is 0 Å². The fourth-order valence-electron chi connectivity index (χ4n) is 6.94. The molecule has 254 valence electrons. The van der Waals surface area contributed by atoms with Crippen LogP contribution in [0.5, 0.6) is 0 Å². The number of hydrogen-bond acceptors (Lipinski definition) is 3. The van der Waals surface area contributed by atoms with E-state index in [4.69, 9.17) is 15.0 Å². The molecule has 0 saturated heterocycles. The minimum atomic E-state index is 0.624. The predicted molar refractivity (Wildman–Crippen MR) is 223 cm³/mol. The number of aromatic nitrogens is 3. The van der Waals surface area contributed by atoms with Crippen LogP contribution in [0.3, 0.4) is 0 Å². The van der Waals surface area contributed by atoms with Gasteiger partial charge in [0.25, 0.3) is 0 Å². The Morgan fingerprint density at radius 3 is 0.981 bits per heavy atom. The Hall–Kier alpha value is -7.23. The number of nitrogens with zero attached hydrogens (tertiary/aromatic N) is 3. The topological polar surface area (TPSA) is 38.7 Å². The quantitative estimate of drug-likeness (QED) is 0.159. The van der Waals surface area contributed by atoms with E-state index < -0.39 is 0 Å². The molecule has 1 aromatic heterocycles. The van der Waals surface area contributed by atoms with Crippen molar-refractivity contribution in [2.24, 2.45) is 0 Å². The molecule has 9 rings (SSSR count). The Morgan fingerprint density at radius 2 is 0.500 bits per heavy atom. The van der Waals surface area contributed by atoms with Crippen LogP contribution in [0.25, 0.3) is 89.8 Å². The van der Waals surface area contributed by atoms with E-state index in [1.54, 1.807) is 0 Å². The van der Waals surface area contributed by atoms with Crippen molar-refractivity contribution in [2.45, 2.75) is 0 Å². The summed E-state index contributed by atoms with van der Waals surface area (Å²) < 4.78 is 0. The molecule has 0 spiro atoms. The third kappa shape index (κ3) is 6.87. The van der Waals surface area contributed by atoms with Gasteiger partial charge in [-0.2, -0.15) is 0 Å². The molecule has 0 fully saturated rings. The maximum absolute atomic E-state index is 5.14. The highest BCUT2D eigenvalue weighted by molar-refractivity contribution is 5.87. The molecule has 54 heavy (non-hydrogen) atoms. The van der Waals surface area contributed by atoms with E-state index in [1.807, 2.05) is 12.1 Å². The highest BCUT2D eigenvalue weighted by Gasteiger charge is 2.16. The molecule has 0 unspecified atom stereocenters. The molecule has 0 aliphatic carbocycles. The number of benzene rings is 8. The molecule has 3 heteroatoms. The lowest BCUT2D eigenvalue weighted by Crippen LogP contribution is -2.00.